The molecule has 0 aliphatic carbocycles. The van der Waals surface area contributed by atoms with Crippen LogP contribution in [0.3, 0.4) is 0 Å². The average Bonchev–Trinajstić information content (AvgIpc) is 3.01. The van der Waals surface area contributed by atoms with Gasteiger partial charge in [0.05, 0.1) is 18.9 Å². The monoisotopic (exact) mass is 361 g/mol. The Morgan fingerprint density at radius 2 is 2.00 bits per heavy atom. The summed E-state index contributed by atoms with van der Waals surface area (Å²) < 4.78 is 10.9. The first-order valence-corrected chi connectivity index (χ1v) is 9.32. The van der Waals surface area contributed by atoms with Gasteiger partial charge in [0.1, 0.15) is 5.75 Å². The molecule has 0 aromatic heterocycles. The number of carbonyl (C=O) groups excluding carboxylic acids is 1. The second kappa shape index (κ2) is 9.57. The van der Waals surface area contributed by atoms with Crippen molar-refractivity contribution >= 4 is 12.3 Å². The summed E-state index contributed by atoms with van der Waals surface area (Å²) in [5.41, 5.74) is 0.788. The molecule has 0 radical (unpaired) electrons. The van der Waals surface area contributed by atoms with Crippen molar-refractivity contribution in [3.8, 4) is 5.75 Å². The molecular weight excluding hydrogens is 330 g/mol. The molecule has 2 rings (SSSR count). The number of para-hydroxylation sites is 1. The van der Waals surface area contributed by atoms with E-state index in [1.54, 1.807) is 24.3 Å². The van der Waals surface area contributed by atoms with Crippen LogP contribution >= 0.6 is 0 Å². The fraction of sp³-hybridized carbons (Fsp3) is 0.600. The summed E-state index contributed by atoms with van der Waals surface area (Å²) in [6.07, 6.45) is 3.62. The maximum atomic E-state index is 12.6. The standard InChI is InChI=1S/C20H31N3O3/c1-15(2)23(16(3)4)20(24)26-19-11-7-6-9-17(19)13-21-22-12-8-10-18(22)14-25-5/h6-7,9,11,13,15-16,18H,8,10,12,14H2,1-5H3/b21-13+/t18-/m0/s1. The molecule has 0 bridgehead atoms. The number of amides is 1. The third-order valence-electron chi connectivity index (χ3n) is 4.49. The number of ether oxygens (including phenoxy) is 2. The molecular formula is C20H31N3O3. The van der Waals surface area contributed by atoms with Gasteiger partial charge in [-0.2, -0.15) is 5.10 Å². The van der Waals surface area contributed by atoms with Crippen LogP contribution in [0.15, 0.2) is 29.4 Å². The van der Waals surface area contributed by atoms with Gasteiger partial charge >= 0.3 is 6.09 Å². The Bertz CT molecular complexity index is 608. The minimum atomic E-state index is -0.339. The van der Waals surface area contributed by atoms with E-state index in [0.717, 1.165) is 24.9 Å². The molecule has 0 saturated carbocycles. The second-order valence-electron chi connectivity index (χ2n) is 7.16. The minimum Gasteiger partial charge on any atom is -0.409 e. The zero-order valence-electron chi connectivity index (χ0n) is 16.5. The van der Waals surface area contributed by atoms with Crippen molar-refractivity contribution in [1.29, 1.82) is 0 Å². The Hall–Kier alpha value is -2.08. The van der Waals surface area contributed by atoms with E-state index >= 15 is 0 Å². The lowest BCUT2D eigenvalue weighted by molar-refractivity contribution is 0.118. The molecule has 0 unspecified atom stereocenters. The van der Waals surface area contributed by atoms with Crippen molar-refractivity contribution in [3.05, 3.63) is 29.8 Å². The predicted octanol–water partition coefficient (Wildman–Crippen LogP) is 3.75. The molecule has 26 heavy (non-hydrogen) atoms. The molecule has 1 aromatic carbocycles. The molecule has 1 aromatic rings. The van der Waals surface area contributed by atoms with Crippen LogP contribution in [0.5, 0.6) is 5.75 Å². The van der Waals surface area contributed by atoms with Gasteiger partial charge in [-0.05, 0) is 52.7 Å². The number of carbonyl (C=O) groups is 1. The van der Waals surface area contributed by atoms with Crippen molar-refractivity contribution < 1.29 is 14.3 Å². The van der Waals surface area contributed by atoms with Gasteiger partial charge in [-0.25, -0.2) is 4.79 Å². The molecule has 1 aliphatic heterocycles. The van der Waals surface area contributed by atoms with Gasteiger partial charge in [-0.1, -0.05) is 12.1 Å². The van der Waals surface area contributed by atoms with Crippen molar-refractivity contribution in [2.75, 3.05) is 20.3 Å². The van der Waals surface area contributed by atoms with Gasteiger partial charge in [0.15, 0.2) is 0 Å². The highest BCUT2D eigenvalue weighted by atomic mass is 16.6. The first kappa shape index (κ1) is 20.2. The SMILES string of the molecule is COC[C@@H]1CCCN1/N=C/c1ccccc1OC(=O)N(C(C)C)C(C)C. The van der Waals surface area contributed by atoms with Crippen molar-refractivity contribution in [3.63, 3.8) is 0 Å². The Morgan fingerprint density at radius 3 is 2.65 bits per heavy atom. The van der Waals surface area contributed by atoms with Crippen molar-refractivity contribution in [2.24, 2.45) is 5.10 Å². The van der Waals surface area contributed by atoms with Crippen molar-refractivity contribution in [1.82, 2.24) is 9.91 Å². The van der Waals surface area contributed by atoms with Gasteiger partial charge in [-0.3, -0.25) is 5.01 Å². The second-order valence-corrected chi connectivity index (χ2v) is 7.16. The van der Waals surface area contributed by atoms with E-state index in [0.29, 0.717) is 18.4 Å². The summed E-state index contributed by atoms with van der Waals surface area (Å²) >= 11 is 0. The Balaban J connectivity index is 2.12. The molecule has 6 heteroatoms. The van der Waals surface area contributed by atoms with Gasteiger partial charge in [0.25, 0.3) is 0 Å². The van der Waals surface area contributed by atoms with Crippen LogP contribution in [0, 0.1) is 0 Å². The number of benzene rings is 1. The first-order valence-electron chi connectivity index (χ1n) is 9.32. The van der Waals surface area contributed by atoms with E-state index in [9.17, 15) is 4.79 Å². The summed E-state index contributed by atoms with van der Waals surface area (Å²) in [6, 6.07) is 7.93. The Kier molecular flexibility index (Phi) is 7.45. The molecule has 1 fully saturated rings. The number of hydrogen-bond acceptors (Lipinski definition) is 5. The third-order valence-corrected chi connectivity index (χ3v) is 4.49. The number of methoxy groups -OCH3 is 1. The summed E-state index contributed by atoms with van der Waals surface area (Å²) in [4.78, 5) is 14.3. The summed E-state index contributed by atoms with van der Waals surface area (Å²) in [5, 5.41) is 6.65. The van der Waals surface area contributed by atoms with Crippen LogP contribution in [0.25, 0.3) is 0 Å². The normalized spacial score (nSPS) is 17.5. The van der Waals surface area contributed by atoms with E-state index in [1.807, 2.05) is 45.9 Å². The van der Waals surface area contributed by atoms with E-state index in [1.165, 1.54) is 0 Å². The van der Waals surface area contributed by atoms with Crippen LogP contribution < -0.4 is 4.74 Å². The van der Waals surface area contributed by atoms with Gasteiger partial charge in [-0.15, -0.1) is 0 Å². The maximum Gasteiger partial charge on any atom is 0.415 e. The number of rotatable bonds is 7. The lowest BCUT2D eigenvalue weighted by Gasteiger charge is -2.29. The Morgan fingerprint density at radius 1 is 1.31 bits per heavy atom. The highest BCUT2D eigenvalue weighted by Crippen LogP contribution is 2.21. The summed E-state index contributed by atoms with van der Waals surface area (Å²) in [7, 11) is 1.71. The maximum absolute atomic E-state index is 12.6. The van der Waals surface area contributed by atoms with Gasteiger partial charge < -0.3 is 14.4 Å². The van der Waals surface area contributed by atoms with E-state index in [-0.39, 0.29) is 18.2 Å². The fourth-order valence-corrected chi connectivity index (χ4v) is 3.32. The van der Waals surface area contributed by atoms with Crippen LogP contribution in [-0.4, -0.2) is 60.6 Å². The minimum absolute atomic E-state index is 0.0720. The molecule has 1 heterocycles. The molecule has 1 atom stereocenters. The van der Waals surface area contributed by atoms with Crippen LogP contribution in [-0.2, 0) is 4.74 Å². The Labute approximate surface area is 156 Å². The first-order chi connectivity index (χ1) is 12.4. The summed E-state index contributed by atoms with van der Waals surface area (Å²) in [6.45, 7) is 9.53. The van der Waals surface area contributed by atoms with E-state index in [4.69, 9.17) is 9.47 Å². The lowest BCUT2D eigenvalue weighted by Crippen LogP contribution is -2.43. The van der Waals surface area contributed by atoms with Crippen molar-refractivity contribution in [2.45, 2.75) is 58.7 Å². The van der Waals surface area contributed by atoms with Crippen LogP contribution in [0.2, 0.25) is 0 Å². The molecule has 6 nitrogen and oxygen atoms in total. The largest absolute Gasteiger partial charge is 0.415 e. The number of hydrogen-bond donors (Lipinski definition) is 0. The molecule has 0 spiro atoms. The van der Waals surface area contributed by atoms with E-state index < -0.39 is 0 Å². The zero-order chi connectivity index (χ0) is 19.1. The van der Waals surface area contributed by atoms with E-state index in [2.05, 4.69) is 10.1 Å². The van der Waals surface area contributed by atoms with Crippen LogP contribution in [0.4, 0.5) is 4.79 Å². The third kappa shape index (κ3) is 5.21. The number of nitrogens with zero attached hydrogens (tertiary/aromatic N) is 3. The highest BCUT2D eigenvalue weighted by molar-refractivity contribution is 5.85. The number of hydrazone groups is 1. The zero-order valence-corrected chi connectivity index (χ0v) is 16.5. The highest BCUT2D eigenvalue weighted by Gasteiger charge is 2.24. The smallest absolute Gasteiger partial charge is 0.409 e. The topological polar surface area (TPSA) is 54.4 Å². The molecule has 0 N–H and O–H groups in total. The predicted molar refractivity (Wildman–Crippen MR) is 104 cm³/mol. The fourth-order valence-electron chi connectivity index (χ4n) is 3.32. The van der Waals surface area contributed by atoms with Gasteiger partial charge in [0.2, 0.25) is 0 Å². The molecule has 1 amide bonds. The molecule has 1 aliphatic rings. The van der Waals surface area contributed by atoms with Crippen LogP contribution in [0.1, 0.15) is 46.1 Å². The average molecular weight is 361 g/mol. The molecule has 1 saturated heterocycles. The summed E-state index contributed by atoms with van der Waals surface area (Å²) in [5.74, 6) is 0.523. The van der Waals surface area contributed by atoms with Gasteiger partial charge in [0, 0.05) is 31.3 Å². The lowest BCUT2D eigenvalue weighted by atomic mass is 10.2. The molecule has 144 valence electrons. The quantitative estimate of drug-likeness (QED) is 0.694.